The number of aromatic amines is 1. The van der Waals surface area contributed by atoms with Crippen molar-refractivity contribution in [2.24, 2.45) is 5.92 Å². The molecule has 2 heterocycles. The number of nitrogens with zero attached hydrogens (tertiary/aromatic N) is 3. The molecule has 0 unspecified atom stereocenters. The van der Waals surface area contributed by atoms with Crippen LogP contribution in [0.5, 0.6) is 0 Å². The molecule has 1 saturated heterocycles. The molecule has 1 fully saturated rings. The van der Waals surface area contributed by atoms with Crippen molar-refractivity contribution in [3.05, 3.63) is 41.0 Å². The summed E-state index contributed by atoms with van der Waals surface area (Å²) in [6.45, 7) is 6.62. The zero-order chi connectivity index (χ0) is 19.4. The maximum absolute atomic E-state index is 13.0. The molecular formula is C20H25ClN4O2. The van der Waals surface area contributed by atoms with Gasteiger partial charge in [0.05, 0.1) is 17.5 Å². The first-order valence-electron chi connectivity index (χ1n) is 9.42. The highest BCUT2D eigenvalue weighted by molar-refractivity contribution is 6.30. The van der Waals surface area contributed by atoms with Crippen LogP contribution in [0.15, 0.2) is 30.5 Å². The Morgan fingerprint density at radius 1 is 1.19 bits per heavy atom. The van der Waals surface area contributed by atoms with Gasteiger partial charge in [-0.2, -0.15) is 5.10 Å². The number of carbonyl (C=O) groups excluding carboxylic acids is 2. The molecule has 1 aliphatic rings. The molecule has 1 aromatic carbocycles. The van der Waals surface area contributed by atoms with Gasteiger partial charge in [-0.15, -0.1) is 0 Å². The van der Waals surface area contributed by atoms with Crippen molar-refractivity contribution in [3.8, 4) is 11.3 Å². The van der Waals surface area contributed by atoms with Crippen LogP contribution < -0.4 is 0 Å². The van der Waals surface area contributed by atoms with Gasteiger partial charge < -0.3 is 9.80 Å². The summed E-state index contributed by atoms with van der Waals surface area (Å²) in [6, 6.07) is 7.30. The molecule has 1 aliphatic heterocycles. The number of nitrogens with one attached hydrogen (secondary N) is 1. The number of hydrogen-bond acceptors (Lipinski definition) is 3. The standard InChI is InChI=1S/C20H25ClN4O2/c1-3-24(4-2)19(26)15-9-11-25(12-10-15)20(27)17-13-22-23-18(17)14-5-7-16(21)8-6-14/h5-8,13,15H,3-4,9-12H2,1-2H3,(H,22,23). The van der Waals surface area contributed by atoms with Crippen LogP contribution in [0.1, 0.15) is 37.0 Å². The second kappa shape index (κ2) is 8.57. The third-order valence-corrected chi connectivity index (χ3v) is 5.46. The van der Waals surface area contributed by atoms with Gasteiger partial charge in [0.1, 0.15) is 0 Å². The Morgan fingerprint density at radius 3 is 2.41 bits per heavy atom. The number of benzene rings is 1. The first kappa shape index (κ1) is 19.4. The average molecular weight is 389 g/mol. The Kier molecular flexibility index (Phi) is 6.16. The van der Waals surface area contributed by atoms with Crippen molar-refractivity contribution in [1.82, 2.24) is 20.0 Å². The third-order valence-electron chi connectivity index (χ3n) is 5.21. The minimum Gasteiger partial charge on any atom is -0.343 e. The smallest absolute Gasteiger partial charge is 0.257 e. The summed E-state index contributed by atoms with van der Waals surface area (Å²) in [7, 11) is 0. The molecule has 0 spiro atoms. The van der Waals surface area contributed by atoms with Crippen LogP contribution in [0.2, 0.25) is 5.02 Å². The Balaban J connectivity index is 1.68. The lowest BCUT2D eigenvalue weighted by atomic mass is 9.94. The molecule has 144 valence electrons. The topological polar surface area (TPSA) is 69.3 Å². The fourth-order valence-electron chi connectivity index (χ4n) is 3.58. The predicted molar refractivity (Wildman–Crippen MR) is 106 cm³/mol. The monoisotopic (exact) mass is 388 g/mol. The van der Waals surface area contributed by atoms with E-state index >= 15 is 0 Å². The summed E-state index contributed by atoms with van der Waals surface area (Å²) >= 11 is 5.95. The molecule has 0 saturated carbocycles. The van der Waals surface area contributed by atoms with Gasteiger partial charge in [0, 0.05) is 42.7 Å². The number of hydrogen-bond donors (Lipinski definition) is 1. The van der Waals surface area contributed by atoms with Crippen molar-refractivity contribution < 1.29 is 9.59 Å². The van der Waals surface area contributed by atoms with Crippen molar-refractivity contribution in [2.75, 3.05) is 26.2 Å². The normalized spacial score (nSPS) is 15.0. The van der Waals surface area contributed by atoms with Gasteiger partial charge in [0.15, 0.2) is 0 Å². The molecule has 0 aliphatic carbocycles. The summed E-state index contributed by atoms with van der Waals surface area (Å²) in [6.07, 6.45) is 2.98. The van der Waals surface area contributed by atoms with E-state index in [4.69, 9.17) is 11.6 Å². The second-order valence-electron chi connectivity index (χ2n) is 6.74. The molecular weight excluding hydrogens is 364 g/mol. The minimum absolute atomic E-state index is 0.00837. The number of H-pyrrole nitrogens is 1. The van der Waals surface area contributed by atoms with Gasteiger partial charge in [-0.05, 0) is 38.8 Å². The van der Waals surface area contributed by atoms with E-state index in [1.54, 1.807) is 18.3 Å². The number of amides is 2. The van der Waals surface area contributed by atoms with Crippen molar-refractivity contribution in [3.63, 3.8) is 0 Å². The van der Waals surface area contributed by atoms with Crippen LogP contribution in [-0.4, -0.2) is 58.0 Å². The number of aromatic nitrogens is 2. The van der Waals surface area contributed by atoms with Gasteiger partial charge >= 0.3 is 0 Å². The third kappa shape index (κ3) is 4.16. The van der Waals surface area contributed by atoms with E-state index in [1.165, 1.54) is 0 Å². The maximum Gasteiger partial charge on any atom is 0.257 e. The Morgan fingerprint density at radius 2 is 1.81 bits per heavy atom. The molecule has 3 rings (SSSR count). The number of likely N-dealkylation sites (tertiary alicyclic amines) is 1. The second-order valence-corrected chi connectivity index (χ2v) is 7.18. The molecule has 27 heavy (non-hydrogen) atoms. The van der Waals surface area contributed by atoms with Gasteiger partial charge in [-0.25, -0.2) is 0 Å². The summed E-state index contributed by atoms with van der Waals surface area (Å²) in [5, 5.41) is 7.62. The lowest BCUT2D eigenvalue weighted by Gasteiger charge is -2.33. The van der Waals surface area contributed by atoms with Crippen LogP contribution in [0.4, 0.5) is 0 Å². The number of piperidine rings is 1. The molecule has 2 aromatic rings. The Labute approximate surface area is 164 Å². The van der Waals surface area contributed by atoms with Gasteiger partial charge in [0.25, 0.3) is 5.91 Å². The SMILES string of the molecule is CCN(CC)C(=O)C1CCN(C(=O)c2cn[nH]c2-c2ccc(Cl)cc2)CC1. The molecule has 6 nitrogen and oxygen atoms in total. The van der Waals surface area contributed by atoms with Gasteiger partial charge in [-0.3, -0.25) is 14.7 Å². The molecule has 1 N–H and O–H groups in total. The van der Waals surface area contributed by atoms with Crippen LogP contribution in [0.3, 0.4) is 0 Å². The Hall–Kier alpha value is -2.34. The van der Waals surface area contributed by atoms with Crippen LogP contribution >= 0.6 is 11.6 Å². The number of carbonyl (C=O) groups is 2. The first-order chi connectivity index (χ1) is 13.0. The quantitative estimate of drug-likeness (QED) is 0.852. The highest BCUT2D eigenvalue weighted by atomic mass is 35.5. The Bertz CT molecular complexity index is 791. The summed E-state index contributed by atoms with van der Waals surface area (Å²) in [5.41, 5.74) is 2.11. The van der Waals surface area contributed by atoms with Crippen LogP contribution in [-0.2, 0) is 4.79 Å². The van der Waals surface area contributed by atoms with Crippen LogP contribution in [0.25, 0.3) is 11.3 Å². The maximum atomic E-state index is 13.0. The van der Waals surface area contributed by atoms with E-state index < -0.39 is 0 Å². The zero-order valence-corrected chi connectivity index (χ0v) is 16.5. The molecule has 0 atom stereocenters. The van der Waals surface area contributed by atoms with Crippen molar-refractivity contribution in [1.29, 1.82) is 0 Å². The van der Waals surface area contributed by atoms with Crippen molar-refractivity contribution in [2.45, 2.75) is 26.7 Å². The average Bonchev–Trinajstić information content (AvgIpc) is 3.19. The summed E-state index contributed by atoms with van der Waals surface area (Å²) < 4.78 is 0. The van der Waals surface area contributed by atoms with E-state index in [2.05, 4.69) is 10.2 Å². The lowest BCUT2D eigenvalue weighted by Crippen LogP contribution is -2.44. The molecule has 7 heteroatoms. The van der Waals surface area contributed by atoms with E-state index in [9.17, 15) is 9.59 Å². The highest BCUT2D eigenvalue weighted by Gasteiger charge is 2.30. The molecule has 2 amide bonds. The van der Waals surface area contributed by atoms with Crippen LogP contribution in [0, 0.1) is 5.92 Å². The molecule has 1 aromatic heterocycles. The molecule has 0 bridgehead atoms. The van der Waals surface area contributed by atoms with E-state index in [0.29, 0.717) is 42.2 Å². The van der Waals surface area contributed by atoms with Gasteiger partial charge in [0.2, 0.25) is 5.91 Å². The number of rotatable bonds is 5. The van der Waals surface area contributed by atoms with E-state index in [1.807, 2.05) is 35.8 Å². The number of halogens is 1. The highest BCUT2D eigenvalue weighted by Crippen LogP contribution is 2.26. The van der Waals surface area contributed by atoms with E-state index in [0.717, 1.165) is 18.7 Å². The fourth-order valence-corrected chi connectivity index (χ4v) is 3.70. The minimum atomic E-state index is -0.0533. The first-order valence-corrected chi connectivity index (χ1v) is 9.80. The van der Waals surface area contributed by atoms with Crippen molar-refractivity contribution >= 4 is 23.4 Å². The fraction of sp³-hybridized carbons (Fsp3) is 0.450. The zero-order valence-electron chi connectivity index (χ0n) is 15.7. The summed E-state index contributed by atoms with van der Waals surface area (Å²) in [4.78, 5) is 29.2. The van der Waals surface area contributed by atoms with Gasteiger partial charge in [-0.1, -0.05) is 23.7 Å². The summed E-state index contributed by atoms with van der Waals surface area (Å²) in [5.74, 6) is 0.161. The lowest BCUT2D eigenvalue weighted by molar-refractivity contribution is -0.136. The largest absolute Gasteiger partial charge is 0.343 e. The molecule has 0 radical (unpaired) electrons. The predicted octanol–water partition coefficient (Wildman–Crippen LogP) is 3.45. The van der Waals surface area contributed by atoms with E-state index in [-0.39, 0.29) is 17.7 Å².